The van der Waals surface area contributed by atoms with Crippen LogP contribution in [0.3, 0.4) is 0 Å². The summed E-state index contributed by atoms with van der Waals surface area (Å²) in [5.41, 5.74) is 2.23. The highest BCUT2D eigenvalue weighted by Gasteiger charge is 2.10. The number of nitriles is 1. The Hall–Kier alpha value is -2.15. The summed E-state index contributed by atoms with van der Waals surface area (Å²) in [7, 11) is 1.73. The summed E-state index contributed by atoms with van der Waals surface area (Å²) in [4.78, 5) is 0. The Balaban J connectivity index is 2.59. The molecule has 80 valence electrons. The highest BCUT2D eigenvalue weighted by atomic mass is 19.1. The molecule has 1 heterocycles. The highest BCUT2D eigenvalue weighted by molar-refractivity contribution is 5.68. The Morgan fingerprint density at radius 1 is 1.44 bits per heavy atom. The van der Waals surface area contributed by atoms with Crippen molar-refractivity contribution < 1.29 is 4.39 Å². The summed E-state index contributed by atoms with van der Waals surface area (Å²) in [6.45, 7) is 1.70. The van der Waals surface area contributed by atoms with Crippen LogP contribution in [0.5, 0.6) is 0 Å². The van der Waals surface area contributed by atoms with Crippen molar-refractivity contribution >= 4 is 0 Å². The maximum Gasteiger partial charge on any atom is 0.170 e. The van der Waals surface area contributed by atoms with E-state index in [4.69, 9.17) is 5.26 Å². The standard InChI is InChI=1S/C12H10FN3/c1-8-3-4-9(5-11(8)13)10-7-16(2)15-12(10)6-14/h3-5,7H,1-2H3. The third-order valence-corrected chi connectivity index (χ3v) is 2.42. The summed E-state index contributed by atoms with van der Waals surface area (Å²) in [6, 6.07) is 6.90. The van der Waals surface area contributed by atoms with Crippen molar-refractivity contribution in [3.63, 3.8) is 0 Å². The predicted molar refractivity (Wildman–Crippen MR) is 58.1 cm³/mol. The average molecular weight is 215 g/mol. The van der Waals surface area contributed by atoms with Crippen LogP contribution in [-0.2, 0) is 7.05 Å². The summed E-state index contributed by atoms with van der Waals surface area (Å²) in [6.07, 6.45) is 1.71. The van der Waals surface area contributed by atoms with E-state index < -0.39 is 0 Å². The molecule has 0 atom stereocenters. The number of hydrogen-bond acceptors (Lipinski definition) is 2. The SMILES string of the molecule is Cc1ccc(-c2cn(C)nc2C#N)cc1F. The van der Waals surface area contributed by atoms with E-state index in [1.54, 1.807) is 37.0 Å². The molecule has 0 bridgehead atoms. The number of halogens is 1. The second-order valence-electron chi connectivity index (χ2n) is 3.64. The first-order chi connectivity index (χ1) is 7.61. The second kappa shape index (κ2) is 3.78. The van der Waals surface area contributed by atoms with Crippen LogP contribution in [0.25, 0.3) is 11.1 Å². The van der Waals surface area contributed by atoms with Crippen LogP contribution in [-0.4, -0.2) is 9.78 Å². The van der Waals surface area contributed by atoms with E-state index in [1.165, 1.54) is 6.07 Å². The maximum absolute atomic E-state index is 13.4. The molecule has 1 aromatic heterocycles. The van der Waals surface area contributed by atoms with Gasteiger partial charge in [0, 0.05) is 18.8 Å². The van der Waals surface area contributed by atoms with Gasteiger partial charge < -0.3 is 0 Å². The minimum atomic E-state index is -0.273. The minimum absolute atomic E-state index is 0.273. The molecular formula is C12H10FN3. The van der Waals surface area contributed by atoms with Gasteiger partial charge in [0.1, 0.15) is 11.9 Å². The van der Waals surface area contributed by atoms with Crippen LogP contribution in [0.15, 0.2) is 24.4 Å². The van der Waals surface area contributed by atoms with E-state index in [9.17, 15) is 4.39 Å². The van der Waals surface area contributed by atoms with Gasteiger partial charge in [0.2, 0.25) is 0 Å². The summed E-state index contributed by atoms with van der Waals surface area (Å²) < 4.78 is 14.9. The van der Waals surface area contributed by atoms with Crippen molar-refractivity contribution in [3.8, 4) is 17.2 Å². The molecule has 4 heteroatoms. The fraction of sp³-hybridized carbons (Fsp3) is 0.167. The molecule has 0 aliphatic rings. The Kier molecular flexibility index (Phi) is 2.45. The Morgan fingerprint density at radius 2 is 2.19 bits per heavy atom. The van der Waals surface area contributed by atoms with Gasteiger partial charge in [-0.05, 0) is 24.1 Å². The van der Waals surface area contributed by atoms with Gasteiger partial charge in [0.25, 0.3) is 0 Å². The van der Waals surface area contributed by atoms with Gasteiger partial charge in [-0.3, -0.25) is 4.68 Å². The van der Waals surface area contributed by atoms with Crippen LogP contribution in [0.4, 0.5) is 4.39 Å². The van der Waals surface area contributed by atoms with E-state index in [2.05, 4.69) is 5.10 Å². The fourth-order valence-corrected chi connectivity index (χ4v) is 1.54. The molecule has 0 saturated carbocycles. The van der Waals surface area contributed by atoms with Crippen LogP contribution < -0.4 is 0 Å². The molecule has 0 saturated heterocycles. The van der Waals surface area contributed by atoms with Crippen molar-refractivity contribution in [2.75, 3.05) is 0 Å². The quantitative estimate of drug-likeness (QED) is 0.733. The third-order valence-electron chi connectivity index (χ3n) is 2.42. The number of aryl methyl sites for hydroxylation is 2. The lowest BCUT2D eigenvalue weighted by Gasteiger charge is -2.00. The van der Waals surface area contributed by atoms with E-state index in [1.807, 2.05) is 6.07 Å². The number of rotatable bonds is 1. The van der Waals surface area contributed by atoms with Gasteiger partial charge in [-0.2, -0.15) is 10.4 Å². The van der Waals surface area contributed by atoms with Crippen LogP contribution in [0.2, 0.25) is 0 Å². The van der Waals surface area contributed by atoms with Crippen LogP contribution >= 0.6 is 0 Å². The molecule has 0 aliphatic carbocycles. The zero-order valence-electron chi connectivity index (χ0n) is 9.03. The Morgan fingerprint density at radius 3 is 2.81 bits per heavy atom. The zero-order valence-corrected chi connectivity index (χ0v) is 9.03. The molecule has 1 aromatic carbocycles. The topological polar surface area (TPSA) is 41.6 Å². The first kappa shape index (κ1) is 10.4. The lowest BCUT2D eigenvalue weighted by Crippen LogP contribution is -1.87. The number of hydrogen-bond donors (Lipinski definition) is 0. The number of nitrogens with zero attached hydrogens (tertiary/aromatic N) is 3. The zero-order chi connectivity index (χ0) is 11.7. The van der Waals surface area contributed by atoms with Crippen LogP contribution in [0, 0.1) is 24.1 Å². The lowest BCUT2D eigenvalue weighted by atomic mass is 10.0. The van der Waals surface area contributed by atoms with Crippen LogP contribution in [0.1, 0.15) is 11.3 Å². The fourth-order valence-electron chi connectivity index (χ4n) is 1.54. The van der Waals surface area contributed by atoms with Gasteiger partial charge in [0.05, 0.1) is 0 Å². The first-order valence-electron chi connectivity index (χ1n) is 4.82. The predicted octanol–water partition coefficient (Wildman–Crippen LogP) is 2.41. The summed E-state index contributed by atoms with van der Waals surface area (Å²) >= 11 is 0. The number of benzene rings is 1. The van der Waals surface area contributed by atoms with Gasteiger partial charge in [-0.1, -0.05) is 12.1 Å². The second-order valence-corrected chi connectivity index (χ2v) is 3.64. The number of aromatic nitrogens is 2. The Labute approximate surface area is 92.7 Å². The lowest BCUT2D eigenvalue weighted by molar-refractivity contribution is 0.619. The van der Waals surface area contributed by atoms with E-state index in [0.717, 1.165) is 0 Å². The van der Waals surface area contributed by atoms with Gasteiger partial charge in [-0.25, -0.2) is 4.39 Å². The van der Waals surface area contributed by atoms with Crippen molar-refractivity contribution in [1.82, 2.24) is 9.78 Å². The van der Waals surface area contributed by atoms with Crippen molar-refractivity contribution in [2.24, 2.45) is 7.05 Å². The molecule has 0 fully saturated rings. The average Bonchev–Trinajstić information content (AvgIpc) is 2.63. The molecule has 2 aromatic rings. The molecule has 0 amide bonds. The molecule has 3 nitrogen and oxygen atoms in total. The summed E-state index contributed by atoms with van der Waals surface area (Å²) in [5.74, 6) is -0.273. The third kappa shape index (κ3) is 1.68. The van der Waals surface area contributed by atoms with E-state index in [0.29, 0.717) is 22.4 Å². The molecule has 0 N–H and O–H groups in total. The highest BCUT2D eigenvalue weighted by Crippen LogP contribution is 2.24. The Bertz CT molecular complexity index is 578. The largest absolute Gasteiger partial charge is 0.274 e. The smallest absolute Gasteiger partial charge is 0.170 e. The summed E-state index contributed by atoms with van der Waals surface area (Å²) in [5, 5.41) is 12.9. The maximum atomic E-state index is 13.4. The van der Waals surface area contributed by atoms with Crippen molar-refractivity contribution in [2.45, 2.75) is 6.92 Å². The molecule has 0 aliphatic heterocycles. The molecule has 0 radical (unpaired) electrons. The van der Waals surface area contributed by atoms with E-state index >= 15 is 0 Å². The van der Waals surface area contributed by atoms with Crippen molar-refractivity contribution in [1.29, 1.82) is 5.26 Å². The first-order valence-corrected chi connectivity index (χ1v) is 4.82. The molecular weight excluding hydrogens is 205 g/mol. The van der Waals surface area contributed by atoms with Crippen molar-refractivity contribution in [3.05, 3.63) is 41.5 Å². The molecule has 0 unspecified atom stereocenters. The van der Waals surface area contributed by atoms with E-state index in [-0.39, 0.29) is 5.82 Å². The van der Waals surface area contributed by atoms with Gasteiger partial charge >= 0.3 is 0 Å². The monoisotopic (exact) mass is 215 g/mol. The molecule has 16 heavy (non-hydrogen) atoms. The minimum Gasteiger partial charge on any atom is -0.274 e. The normalized spacial score (nSPS) is 10.1. The van der Waals surface area contributed by atoms with Gasteiger partial charge in [0.15, 0.2) is 5.69 Å². The molecule has 2 rings (SSSR count). The van der Waals surface area contributed by atoms with Gasteiger partial charge in [-0.15, -0.1) is 0 Å². The molecule has 0 spiro atoms.